The van der Waals surface area contributed by atoms with Crippen LogP contribution in [-0.4, -0.2) is 18.1 Å². The van der Waals surface area contributed by atoms with E-state index in [-0.39, 0.29) is 5.91 Å². The van der Waals surface area contributed by atoms with Crippen LogP contribution in [0.25, 0.3) is 0 Å². The fourth-order valence-electron chi connectivity index (χ4n) is 3.38. The monoisotopic (exact) mass is 381 g/mol. The van der Waals surface area contributed by atoms with Gasteiger partial charge in [0.05, 0.1) is 18.7 Å². The largest absolute Gasteiger partial charge is 0.496 e. The van der Waals surface area contributed by atoms with Crippen LogP contribution in [0.4, 0.5) is 5.69 Å². The summed E-state index contributed by atoms with van der Waals surface area (Å²) in [4.78, 5) is 13.2. The molecule has 0 spiro atoms. The van der Waals surface area contributed by atoms with E-state index in [0.717, 1.165) is 28.1 Å². The average Bonchev–Trinajstić information content (AvgIpc) is 2.59. The molecule has 1 aliphatic heterocycles. The van der Waals surface area contributed by atoms with Crippen molar-refractivity contribution in [2.45, 2.75) is 26.8 Å². The number of rotatable bonds is 4. The molecule has 27 heavy (non-hydrogen) atoms. The number of allylic oxidation sites excluding steroid dienone is 1. The van der Waals surface area contributed by atoms with Crippen molar-refractivity contribution >= 4 is 28.9 Å². The topological polar surface area (TPSA) is 62.4 Å². The summed E-state index contributed by atoms with van der Waals surface area (Å²) in [5.74, 6) is 0.514. The zero-order valence-electron chi connectivity index (χ0n) is 15.8. The molecule has 0 fully saturated rings. The maximum atomic E-state index is 13.2. The Labute approximate surface area is 164 Å². The van der Waals surface area contributed by atoms with E-state index < -0.39 is 6.04 Å². The van der Waals surface area contributed by atoms with Crippen molar-refractivity contribution in [3.8, 4) is 5.75 Å². The van der Waals surface area contributed by atoms with Crippen LogP contribution in [0.3, 0.4) is 0 Å². The highest BCUT2D eigenvalue weighted by Gasteiger charge is 2.31. The van der Waals surface area contributed by atoms with Crippen LogP contribution < -0.4 is 20.7 Å². The number of methoxy groups -OCH3 is 1. The van der Waals surface area contributed by atoms with Gasteiger partial charge in [0.15, 0.2) is 5.11 Å². The minimum Gasteiger partial charge on any atom is -0.496 e. The van der Waals surface area contributed by atoms with Crippen molar-refractivity contribution < 1.29 is 9.53 Å². The molecule has 2 aromatic carbocycles. The molecular weight excluding hydrogens is 358 g/mol. The van der Waals surface area contributed by atoms with Gasteiger partial charge in [0.1, 0.15) is 5.75 Å². The maximum Gasteiger partial charge on any atom is 0.255 e. The molecule has 1 amide bonds. The first-order valence-corrected chi connectivity index (χ1v) is 9.10. The smallest absolute Gasteiger partial charge is 0.255 e. The van der Waals surface area contributed by atoms with Crippen LogP contribution >= 0.6 is 12.2 Å². The van der Waals surface area contributed by atoms with E-state index in [4.69, 9.17) is 17.0 Å². The fraction of sp³-hybridized carbons (Fsp3) is 0.238. The number of aryl methyl sites for hydroxylation is 2. The molecule has 1 heterocycles. The molecule has 0 aliphatic carbocycles. The van der Waals surface area contributed by atoms with Gasteiger partial charge in [-0.15, -0.1) is 0 Å². The Hall–Kier alpha value is -2.86. The fourth-order valence-corrected chi connectivity index (χ4v) is 3.65. The van der Waals surface area contributed by atoms with Gasteiger partial charge in [0.2, 0.25) is 0 Å². The predicted molar refractivity (Wildman–Crippen MR) is 112 cm³/mol. The lowest BCUT2D eigenvalue weighted by Crippen LogP contribution is -2.45. The molecule has 1 unspecified atom stereocenters. The third-order valence-electron chi connectivity index (χ3n) is 4.44. The summed E-state index contributed by atoms with van der Waals surface area (Å²) in [5, 5.41) is 9.75. The summed E-state index contributed by atoms with van der Waals surface area (Å²) in [7, 11) is 1.62. The number of thiocarbonyl (C=S) groups is 1. The van der Waals surface area contributed by atoms with Gasteiger partial charge < -0.3 is 20.7 Å². The van der Waals surface area contributed by atoms with E-state index in [0.29, 0.717) is 16.4 Å². The lowest BCUT2D eigenvalue weighted by atomic mass is 9.94. The van der Waals surface area contributed by atoms with Crippen LogP contribution in [-0.2, 0) is 4.79 Å². The minimum absolute atomic E-state index is 0.184. The molecule has 0 saturated heterocycles. The molecular formula is C21H23N3O2S. The van der Waals surface area contributed by atoms with Crippen molar-refractivity contribution in [2.24, 2.45) is 0 Å². The third-order valence-corrected chi connectivity index (χ3v) is 4.66. The van der Waals surface area contributed by atoms with Gasteiger partial charge >= 0.3 is 0 Å². The molecule has 0 saturated carbocycles. The number of nitrogens with one attached hydrogen (secondary N) is 3. The average molecular weight is 382 g/mol. The number of amides is 1. The Morgan fingerprint density at radius 3 is 2.44 bits per heavy atom. The van der Waals surface area contributed by atoms with Crippen molar-refractivity contribution in [3.63, 3.8) is 0 Å². The van der Waals surface area contributed by atoms with Gasteiger partial charge in [0.25, 0.3) is 5.91 Å². The first kappa shape index (κ1) is 18.9. The van der Waals surface area contributed by atoms with Crippen molar-refractivity contribution in [3.05, 3.63) is 70.4 Å². The molecule has 0 bridgehead atoms. The zero-order valence-corrected chi connectivity index (χ0v) is 16.7. The van der Waals surface area contributed by atoms with Gasteiger partial charge in [-0.05, 0) is 62.3 Å². The van der Waals surface area contributed by atoms with Gasteiger partial charge in [-0.25, -0.2) is 0 Å². The lowest BCUT2D eigenvalue weighted by Gasteiger charge is -2.31. The van der Waals surface area contributed by atoms with Crippen LogP contribution in [0, 0.1) is 13.8 Å². The molecule has 2 aromatic rings. The Bertz CT molecular complexity index is 917. The molecule has 6 heteroatoms. The van der Waals surface area contributed by atoms with E-state index in [1.807, 2.05) is 57.2 Å². The predicted octanol–water partition coefficient (Wildman–Crippen LogP) is 3.74. The standard InChI is InChI=1S/C21H23N3O2S/c1-12-9-13(2)11-15(10-12)23-20(25)18-14(3)22-21(27)24-19(18)16-7-5-6-8-17(16)26-4/h5-11,19H,1-4H3,(H,23,25)(H2,22,24,27). The number of hydrogen-bond acceptors (Lipinski definition) is 3. The summed E-state index contributed by atoms with van der Waals surface area (Å²) < 4.78 is 5.49. The summed E-state index contributed by atoms with van der Waals surface area (Å²) >= 11 is 5.31. The molecule has 0 aromatic heterocycles. The van der Waals surface area contributed by atoms with Gasteiger partial charge in [0, 0.05) is 16.9 Å². The Kier molecular flexibility index (Phi) is 5.46. The number of ether oxygens (including phenoxy) is 1. The van der Waals surface area contributed by atoms with Gasteiger partial charge in [-0.3, -0.25) is 4.79 Å². The highest BCUT2D eigenvalue weighted by Crippen LogP contribution is 2.33. The maximum absolute atomic E-state index is 13.2. The number of para-hydroxylation sites is 1. The number of benzene rings is 2. The molecule has 0 radical (unpaired) electrons. The van der Waals surface area contributed by atoms with Crippen LogP contribution in [0.15, 0.2) is 53.7 Å². The van der Waals surface area contributed by atoms with Crippen molar-refractivity contribution in [2.75, 3.05) is 12.4 Å². The second-order valence-electron chi connectivity index (χ2n) is 6.64. The normalized spacial score (nSPS) is 16.4. The number of anilines is 1. The van der Waals surface area contributed by atoms with Crippen LogP contribution in [0.2, 0.25) is 0 Å². The second-order valence-corrected chi connectivity index (χ2v) is 7.05. The SMILES string of the molecule is COc1ccccc1C1NC(=S)NC(C)=C1C(=O)Nc1cc(C)cc(C)c1. The highest BCUT2D eigenvalue weighted by molar-refractivity contribution is 7.80. The molecule has 1 aliphatic rings. The molecule has 5 nitrogen and oxygen atoms in total. The van der Waals surface area contributed by atoms with E-state index in [9.17, 15) is 4.79 Å². The third kappa shape index (κ3) is 4.11. The Morgan fingerprint density at radius 2 is 1.78 bits per heavy atom. The summed E-state index contributed by atoms with van der Waals surface area (Å²) in [6, 6.07) is 13.2. The Morgan fingerprint density at radius 1 is 1.11 bits per heavy atom. The highest BCUT2D eigenvalue weighted by atomic mass is 32.1. The van der Waals surface area contributed by atoms with Gasteiger partial charge in [-0.2, -0.15) is 0 Å². The number of carbonyl (C=O) groups is 1. The van der Waals surface area contributed by atoms with E-state index >= 15 is 0 Å². The van der Waals surface area contributed by atoms with Crippen molar-refractivity contribution in [1.29, 1.82) is 0 Å². The number of hydrogen-bond donors (Lipinski definition) is 3. The first-order valence-electron chi connectivity index (χ1n) is 8.70. The summed E-state index contributed by atoms with van der Waals surface area (Å²) in [6.07, 6.45) is 0. The van der Waals surface area contributed by atoms with Gasteiger partial charge in [-0.1, -0.05) is 24.3 Å². The number of carbonyl (C=O) groups excluding carboxylic acids is 1. The van der Waals surface area contributed by atoms with Crippen LogP contribution in [0.5, 0.6) is 5.75 Å². The van der Waals surface area contributed by atoms with E-state index in [1.54, 1.807) is 7.11 Å². The van der Waals surface area contributed by atoms with Crippen LogP contribution in [0.1, 0.15) is 29.7 Å². The molecule has 3 rings (SSSR count). The summed E-state index contributed by atoms with van der Waals surface area (Å²) in [5.41, 5.74) is 5.11. The molecule has 140 valence electrons. The van der Waals surface area contributed by atoms with Crippen molar-refractivity contribution in [1.82, 2.24) is 10.6 Å². The quantitative estimate of drug-likeness (QED) is 0.704. The van der Waals surface area contributed by atoms with E-state index in [2.05, 4.69) is 22.0 Å². The molecule has 3 N–H and O–H groups in total. The Balaban J connectivity index is 2.00. The lowest BCUT2D eigenvalue weighted by molar-refractivity contribution is -0.113. The first-order chi connectivity index (χ1) is 12.9. The second kappa shape index (κ2) is 7.80. The molecule has 1 atom stereocenters. The van der Waals surface area contributed by atoms with E-state index in [1.165, 1.54) is 0 Å². The summed E-state index contributed by atoms with van der Waals surface area (Å²) in [6.45, 7) is 5.87. The minimum atomic E-state index is -0.402. The zero-order chi connectivity index (χ0) is 19.6.